The molecule has 1 heteroatoms. The summed E-state index contributed by atoms with van der Waals surface area (Å²) in [4.78, 5) is 0. The van der Waals surface area contributed by atoms with E-state index in [9.17, 15) is 0 Å². The van der Waals surface area contributed by atoms with Gasteiger partial charge in [0.15, 0.2) is 0 Å². The summed E-state index contributed by atoms with van der Waals surface area (Å²) in [5, 5.41) is 0. The molecule has 4 rings (SSSR count). The van der Waals surface area contributed by atoms with Crippen LogP contribution in [0.15, 0.2) is 48.5 Å². The molecule has 0 spiro atoms. The van der Waals surface area contributed by atoms with Crippen molar-refractivity contribution in [1.29, 1.82) is 0 Å². The number of rotatable bonds is 4. The Bertz CT molecular complexity index is 813. The van der Waals surface area contributed by atoms with Crippen LogP contribution in [-0.4, -0.2) is 0 Å². The molecule has 2 aromatic rings. The molecule has 0 nitrogen and oxygen atoms in total. The molecule has 25 heavy (non-hydrogen) atoms. The third-order valence-corrected chi connectivity index (χ3v) is 15.2. The first-order valence-electron chi connectivity index (χ1n) is 9.60. The normalized spacial score (nSPS) is 22.7. The van der Waals surface area contributed by atoms with E-state index in [1.54, 1.807) is 16.7 Å². The van der Waals surface area contributed by atoms with Crippen molar-refractivity contribution in [1.82, 2.24) is 0 Å². The molecule has 0 fully saturated rings. The molecule has 0 heterocycles. The van der Waals surface area contributed by atoms with Crippen LogP contribution in [0.2, 0.25) is 9.36 Å². The molecule has 0 N–H and O–H groups in total. The first-order chi connectivity index (χ1) is 11.9. The van der Waals surface area contributed by atoms with Gasteiger partial charge in [0, 0.05) is 0 Å². The van der Waals surface area contributed by atoms with Crippen LogP contribution in [0.1, 0.15) is 48.1 Å². The minimum absolute atomic E-state index is 0.400. The fraction of sp³-hybridized carbons (Fsp3) is 0.417. The third-order valence-electron chi connectivity index (χ3n) is 6.28. The predicted molar refractivity (Wildman–Crippen MR) is 105 cm³/mol. The molecule has 1 atom stereocenters. The van der Waals surface area contributed by atoms with Crippen LogP contribution in [0.3, 0.4) is 0 Å². The standard InChI is InChI=1S/C22H23.2CH3.Hf/c1-22(2)14-19-12-18-11-10-17(21(18)13-20(19)15-22)9-8-16-6-4-3-5-7-16;;;/h3-7,10-13H,8-9,14-15H2,1-2H3;2*1H3;. The van der Waals surface area contributed by atoms with E-state index in [0.29, 0.717) is 8.59 Å². The fourth-order valence-electron chi connectivity index (χ4n) is 4.87. The van der Waals surface area contributed by atoms with Gasteiger partial charge >= 0.3 is 161 Å². The van der Waals surface area contributed by atoms with Gasteiger partial charge < -0.3 is 0 Å². The molecule has 0 saturated carbocycles. The molecule has 0 amide bonds. The Morgan fingerprint density at radius 2 is 1.64 bits per heavy atom. The average molecular weight is 496 g/mol. The first kappa shape index (κ1) is 17.5. The zero-order valence-corrected chi connectivity index (χ0v) is 19.6. The molecule has 2 aromatic carbocycles. The van der Waals surface area contributed by atoms with Gasteiger partial charge in [-0.05, 0) is 0 Å². The summed E-state index contributed by atoms with van der Waals surface area (Å²) in [5.74, 6) is 0. The Morgan fingerprint density at radius 1 is 0.960 bits per heavy atom. The van der Waals surface area contributed by atoms with Gasteiger partial charge in [-0.15, -0.1) is 0 Å². The topological polar surface area (TPSA) is 0 Å². The molecule has 0 bridgehead atoms. The summed E-state index contributed by atoms with van der Waals surface area (Å²) in [5.41, 5.74) is 8.35. The second-order valence-electron chi connectivity index (χ2n) is 9.02. The second-order valence-corrected chi connectivity index (χ2v) is 19.4. The zero-order valence-electron chi connectivity index (χ0n) is 16.0. The molecule has 0 aromatic heterocycles. The minimum atomic E-state index is -1.68. The van der Waals surface area contributed by atoms with E-state index in [1.807, 2.05) is 0 Å². The van der Waals surface area contributed by atoms with Crippen molar-refractivity contribution in [2.45, 2.75) is 52.1 Å². The summed E-state index contributed by atoms with van der Waals surface area (Å²) in [6.45, 7) is 4.83. The van der Waals surface area contributed by atoms with Crippen molar-refractivity contribution < 1.29 is 21.4 Å². The number of allylic oxidation sites excluding steroid dienone is 1. The number of aryl methyl sites for hydroxylation is 1. The van der Waals surface area contributed by atoms with Crippen LogP contribution < -0.4 is 0 Å². The van der Waals surface area contributed by atoms with Crippen LogP contribution in [0.5, 0.6) is 0 Å². The van der Waals surface area contributed by atoms with Gasteiger partial charge in [-0.1, -0.05) is 0 Å². The Morgan fingerprint density at radius 3 is 2.32 bits per heavy atom. The van der Waals surface area contributed by atoms with E-state index in [2.05, 4.69) is 77.8 Å². The van der Waals surface area contributed by atoms with Crippen LogP contribution in [0.4, 0.5) is 0 Å². The van der Waals surface area contributed by atoms with Gasteiger partial charge in [0.05, 0.1) is 0 Å². The van der Waals surface area contributed by atoms with Gasteiger partial charge in [0.2, 0.25) is 0 Å². The molecule has 0 saturated heterocycles. The molecule has 0 aliphatic heterocycles. The summed E-state index contributed by atoms with van der Waals surface area (Å²) in [7, 11) is 0. The van der Waals surface area contributed by atoms with Crippen molar-refractivity contribution in [3.05, 3.63) is 76.4 Å². The predicted octanol–water partition coefficient (Wildman–Crippen LogP) is 6.38. The molecular weight excluding hydrogens is 467 g/mol. The Labute approximate surface area is 160 Å². The number of hydrogen-bond donors (Lipinski definition) is 0. The van der Waals surface area contributed by atoms with E-state index < -0.39 is 21.4 Å². The molecular formula is C24H29Hf. The third kappa shape index (κ3) is 3.14. The fourth-order valence-corrected chi connectivity index (χ4v) is 11.3. The van der Waals surface area contributed by atoms with Crippen molar-refractivity contribution >= 4 is 6.08 Å². The quantitative estimate of drug-likeness (QED) is 0.432. The first-order valence-corrected chi connectivity index (χ1v) is 18.6. The van der Waals surface area contributed by atoms with Crippen molar-refractivity contribution in [2.24, 2.45) is 5.41 Å². The molecule has 129 valence electrons. The molecule has 0 radical (unpaired) electrons. The maximum atomic E-state index is 2.61. The van der Waals surface area contributed by atoms with Gasteiger partial charge in [-0.2, -0.15) is 0 Å². The monoisotopic (exact) mass is 497 g/mol. The van der Waals surface area contributed by atoms with Crippen molar-refractivity contribution in [2.75, 3.05) is 0 Å². The number of fused-ring (bicyclic) bond motifs is 2. The van der Waals surface area contributed by atoms with E-state index in [1.165, 1.54) is 36.8 Å². The van der Waals surface area contributed by atoms with Crippen molar-refractivity contribution in [3.63, 3.8) is 0 Å². The summed E-state index contributed by atoms with van der Waals surface area (Å²) >= 11 is -1.68. The van der Waals surface area contributed by atoms with Crippen molar-refractivity contribution in [3.8, 4) is 0 Å². The molecule has 2 aliphatic rings. The second kappa shape index (κ2) is 6.34. The van der Waals surface area contributed by atoms with Gasteiger partial charge in [-0.25, -0.2) is 0 Å². The SMILES string of the molecule is [CH3][Hf]([CH3])[C]1(CCc2ccccc2)C=Cc2cc3c(cc21)CC(C)(C)C3. The van der Waals surface area contributed by atoms with Crippen LogP contribution in [0, 0.1) is 5.41 Å². The summed E-state index contributed by atoms with van der Waals surface area (Å²) in [6, 6.07) is 16.2. The van der Waals surface area contributed by atoms with Gasteiger partial charge in [0.25, 0.3) is 0 Å². The number of benzene rings is 2. The van der Waals surface area contributed by atoms with Crippen LogP contribution >= 0.6 is 0 Å². The number of hydrogen-bond acceptors (Lipinski definition) is 0. The molecule has 2 aliphatic carbocycles. The van der Waals surface area contributed by atoms with Gasteiger partial charge in [-0.3, -0.25) is 0 Å². The average Bonchev–Trinajstić information content (AvgIpc) is 3.07. The Hall–Kier alpha value is -0.950. The maximum absolute atomic E-state index is 2.61. The Kier molecular flexibility index (Phi) is 4.43. The van der Waals surface area contributed by atoms with Crippen LogP contribution in [-0.2, 0) is 43.9 Å². The van der Waals surface area contributed by atoms with E-state index in [0.717, 1.165) is 0 Å². The summed E-state index contributed by atoms with van der Waals surface area (Å²) < 4.78 is 5.61. The Balaban J connectivity index is 1.69. The molecule has 1 unspecified atom stereocenters. The van der Waals surface area contributed by atoms with E-state index in [4.69, 9.17) is 0 Å². The van der Waals surface area contributed by atoms with E-state index in [-0.39, 0.29) is 0 Å². The van der Waals surface area contributed by atoms with E-state index >= 15 is 0 Å². The zero-order chi connectivity index (χ0) is 17.7. The van der Waals surface area contributed by atoms with Crippen LogP contribution in [0.25, 0.3) is 6.08 Å². The van der Waals surface area contributed by atoms with Gasteiger partial charge in [0.1, 0.15) is 0 Å². The summed E-state index contributed by atoms with van der Waals surface area (Å²) in [6.07, 6.45) is 10.0.